The second-order valence-corrected chi connectivity index (χ2v) is 8.21. The number of likely N-dealkylation sites (N-methyl/N-ethyl adjacent to an activating group) is 1. The average molecular weight is 483 g/mol. The standard InChI is InChI=1S/C21H24BrNO2.BrH/c1-23-14-21(24,25-20-5-3-2-4-19(20)23)17-10-6-15(7-11-17)16-8-12-18(22)13-9-16;/h6-13,19-20,24H,2-5,14H2,1H3;1H. The van der Waals surface area contributed by atoms with E-state index in [1.54, 1.807) is 0 Å². The predicted molar refractivity (Wildman–Crippen MR) is 114 cm³/mol. The first-order valence-electron chi connectivity index (χ1n) is 9.02. The van der Waals surface area contributed by atoms with Crippen LogP contribution in [-0.4, -0.2) is 35.7 Å². The van der Waals surface area contributed by atoms with E-state index < -0.39 is 5.79 Å². The lowest BCUT2D eigenvalue weighted by Crippen LogP contribution is -2.58. The summed E-state index contributed by atoms with van der Waals surface area (Å²) in [6.07, 6.45) is 4.78. The normalized spacial score (nSPS) is 28.9. The van der Waals surface area contributed by atoms with Crippen molar-refractivity contribution in [1.82, 2.24) is 4.90 Å². The van der Waals surface area contributed by atoms with Gasteiger partial charge in [-0.15, -0.1) is 17.0 Å². The number of fused-ring (bicyclic) bond motifs is 1. The van der Waals surface area contributed by atoms with Crippen LogP contribution in [0.4, 0.5) is 0 Å². The van der Waals surface area contributed by atoms with Gasteiger partial charge < -0.3 is 9.84 Å². The van der Waals surface area contributed by atoms with Crippen molar-refractivity contribution < 1.29 is 9.84 Å². The van der Waals surface area contributed by atoms with Gasteiger partial charge in [0.1, 0.15) is 0 Å². The van der Waals surface area contributed by atoms with Gasteiger partial charge >= 0.3 is 0 Å². The summed E-state index contributed by atoms with van der Waals surface area (Å²) in [6, 6.07) is 16.8. The van der Waals surface area contributed by atoms with Crippen LogP contribution in [0.1, 0.15) is 31.2 Å². The molecule has 0 spiro atoms. The van der Waals surface area contributed by atoms with Crippen LogP contribution in [0, 0.1) is 0 Å². The second kappa shape index (κ2) is 8.11. The van der Waals surface area contributed by atoms with Gasteiger partial charge in [-0.05, 0) is 43.1 Å². The Bertz CT molecular complexity index is 735. The molecule has 4 rings (SSSR count). The monoisotopic (exact) mass is 481 g/mol. The Kier molecular flexibility index (Phi) is 6.25. The summed E-state index contributed by atoms with van der Waals surface area (Å²) in [6.45, 7) is 0.520. The van der Waals surface area contributed by atoms with Gasteiger partial charge in [0.05, 0.1) is 12.6 Å². The zero-order valence-electron chi connectivity index (χ0n) is 14.9. The highest BCUT2D eigenvalue weighted by Gasteiger charge is 2.45. The molecule has 5 heteroatoms. The quantitative estimate of drug-likeness (QED) is 0.645. The number of benzene rings is 2. The average Bonchev–Trinajstić information content (AvgIpc) is 2.62. The fraction of sp³-hybridized carbons (Fsp3) is 0.429. The van der Waals surface area contributed by atoms with Crippen molar-refractivity contribution in [2.75, 3.05) is 13.6 Å². The molecule has 1 N–H and O–H groups in total. The predicted octanol–water partition coefficient (Wildman–Crippen LogP) is 5.11. The molecular formula is C21H25Br2NO2. The van der Waals surface area contributed by atoms with Crippen molar-refractivity contribution in [3.05, 3.63) is 58.6 Å². The number of nitrogens with zero attached hydrogens (tertiary/aromatic N) is 1. The van der Waals surface area contributed by atoms with Crippen molar-refractivity contribution in [1.29, 1.82) is 0 Å². The van der Waals surface area contributed by atoms with E-state index in [2.05, 4.69) is 52.1 Å². The van der Waals surface area contributed by atoms with Gasteiger partial charge in [-0.25, -0.2) is 0 Å². The maximum atomic E-state index is 11.2. The minimum absolute atomic E-state index is 0. The molecule has 2 aromatic carbocycles. The fourth-order valence-electron chi connectivity index (χ4n) is 4.19. The van der Waals surface area contributed by atoms with Gasteiger partial charge in [0, 0.05) is 16.1 Å². The third kappa shape index (κ3) is 3.92. The van der Waals surface area contributed by atoms with Crippen molar-refractivity contribution in [2.24, 2.45) is 0 Å². The summed E-state index contributed by atoms with van der Waals surface area (Å²) in [7, 11) is 2.10. The number of ether oxygens (including phenoxy) is 1. The Labute approximate surface area is 174 Å². The lowest BCUT2D eigenvalue weighted by Gasteiger charge is -2.49. The SMILES string of the molecule is Br.CN1CC(O)(c2ccc(-c3ccc(Br)cc3)cc2)OC2CCCCC21. The first kappa shape index (κ1) is 20.0. The molecule has 2 fully saturated rings. The summed E-state index contributed by atoms with van der Waals surface area (Å²) in [4.78, 5) is 2.27. The molecule has 3 atom stereocenters. The third-order valence-electron chi connectivity index (χ3n) is 5.56. The van der Waals surface area contributed by atoms with Crippen LogP contribution in [0.5, 0.6) is 0 Å². The largest absolute Gasteiger partial charge is 0.361 e. The zero-order chi connectivity index (χ0) is 17.4. The number of hydrogen-bond acceptors (Lipinski definition) is 3. The fourth-order valence-corrected chi connectivity index (χ4v) is 4.45. The van der Waals surface area contributed by atoms with Crippen molar-refractivity contribution in [3.63, 3.8) is 0 Å². The summed E-state index contributed by atoms with van der Waals surface area (Å²) in [5, 5.41) is 11.2. The number of morpholine rings is 1. The van der Waals surface area contributed by atoms with Gasteiger partial charge in [0.15, 0.2) is 0 Å². The summed E-state index contributed by atoms with van der Waals surface area (Å²) >= 11 is 3.47. The molecule has 0 amide bonds. The maximum Gasteiger partial charge on any atom is 0.205 e. The summed E-state index contributed by atoms with van der Waals surface area (Å²) < 4.78 is 7.28. The molecule has 1 heterocycles. The van der Waals surface area contributed by atoms with E-state index in [1.807, 2.05) is 24.3 Å². The molecule has 1 saturated heterocycles. The minimum Gasteiger partial charge on any atom is -0.361 e. The van der Waals surface area contributed by atoms with E-state index in [1.165, 1.54) is 19.3 Å². The third-order valence-corrected chi connectivity index (χ3v) is 6.09. The highest BCUT2D eigenvalue weighted by Crippen LogP contribution is 2.38. The molecule has 2 aliphatic rings. The lowest BCUT2D eigenvalue weighted by atomic mass is 9.88. The Hall–Kier alpha value is -0.720. The molecule has 3 unspecified atom stereocenters. The van der Waals surface area contributed by atoms with Crippen molar-refractivity contribution in [2.45, 2.75) is 43.6 Å². The zero-order valence-corrected chi connectivity index (χ0v) is 18.2. The highest BCUT2D eigenvalue weighted by atomic mass is 79.9. The Morgan fingerprint density at radius 3 is 2.23 bits per heavy atom. The topological polar surface area (TPSA) is 32.7 Å². The smallest absolute Gasteiger partial charge is 0.205 e. The lowest BCUT2D eigenvalue weighted by molar-refractivity contribution is -0.293. The van der Waals surface area contributed by atoms with E-state index >= 15 is 0 Å². The second-order valence-electron chi connectivity index (χ2n) is 7.29. The van der Waals surface area contributed by atoms with E-state index in [9.17, 15) is 5.11 Å². The molecule has 140 valence electrons. The van der Waals surface area contributed by atoms with Crippen LogP contribution >= 0.6 is 32.9 Å². The van der Waals surface area contributed by atoms with Crippen LogP contribution in [0.15, 0.2) is 53.0 Å². The van der Waals surface area contributed by atoms with Gasteiger partial charge in [0.25, 0.3) is 0 Å². The molecule has 0 radical (unpaired) electrons. The van der Waals surface area contributed by atoms with Crippen molar-refractivity contribution in [3.8, 4) is 11.1 Å². The van der Waals surface area contributed by atoms with Crippen molar-refractivity contribution >= 4 is 32.9 Å². The number of aliphatic hydroxyl groups is 1. The highest BCUT2D eigenvalue weighted by molar-refractivity contribution is 9.10. The van der Waals surface area contributed by atoms with Gasteiger partial charge in [-0.1, -0.05) is 65.2 Å². The van der Waals surface area contributed by atoms with Crippen LogP contribution < -0.4 is 0 Å². The molecule has 3 nitrogen and oxygen atoms in total. The minimum atomic E-state index is -1.22. The van der Waals surface area contributed by atoms with Gasteiger partial charge in [0.2, 0.25) is 5.79 Å². The first-order valence-corrected chi connectivity index (χ1v) is 9.81. The first-order chi connectivity index (χ1) is 12.0. The van der Waals surface area contributed by atoms with Gasteiger partial charge in [-0.3, -0.25) is 4.90 Å². The number of halogens is 2. The van der Waals surface area contributed by atoms with Crippen LogP contribution in [0.3, 0.4) is 0 Å². The molecule has 26 heavy (non-hydrogen) atoms. The number of rotatable bonds is 2. The summed E-state index contributed by atoms with van der Waals surface area (Å²) in [5.74, 6) is -1.22. The Balaban J connectivity index is 0.00000196. The van der Waals surface area contributed by atoms with Crippen LogP contribution in [-0.2, 0) is 10.5 Å². The summed E-state index contributed by atoms with van der Waals surface area (Å²) in [5.41, 5.74) is 3.14. The maximum absolute atomic E-state index is 11.2. The molecule has 1 saturated carbocycles. The van der Waals surface area contributed by atoms with Gasteiger partial charge in [-0.2, -0.15) is 0 Å². The Morgan fingerprint density at radius 2 is 1.58 bits per heavy atom. The number of β-amino-alcohol motifs (C(OH)–C–C–N with tert-alkyl or cyclic N) is 1. The molecule has 1 aliphatic carbocycles. The Morgan fingerprint density at radius 1 is 1.00 bits per heavy atom. The van der Waals surface area contributed by atoms with Crippen LogP contribution in [0.2, 0.25) is 0 Å². The molecular weight excluding hydrogens is 458 g/mol. The van der Waals surface area contributed by atoms with E-state index in [0.29, 0.717) is 12.6 Å². The van der Waals surface area contributed by atoms with E-state index in [0.717, 1.165) is 27.6 Å². The molecule has 0 aromatic heterocycles. The van der Waals surface area contributed by atoms with E-state index in [4.69, 9.17) is 4.74 Å². The molecule has 2 aromatic rings. The number of hydrogen-bond donors (Lipinski definition) is 1. The van der Waals surface area contributed by atoms with E-state index in [-0.39, 0.29) is 23.1 Å². The molecule has 1 aliphatic heterocycles. The molecule has 0 bridgehead atoms. The van der Waals surface area contributed by atoms with Crippen LogP contribution in [0.25, 0.3) is 11.1 Å².